The fourth-order valence-electron chi connectivity index (χ4n) is 2.93. The fourth-order valence-corrected chi connectivity index (χ4v) is 3.38. The molecule has 3 rings (SSSR count). The molecule has 2 amide bonds. The van der Waals surface area contributed by atoms with Crippen LogP contribution in [-0.4, -0.2) is 24.0 Å². The lowest BCUT2D eigenvalue weighted by Gasteiger charge is -2.32. The van der Waals surface area contributed by atoms with Gasteiger partial charge in [0, 0.05) is 18.1 Å². The first-order valence-corrected chi connectivity index (χ1v) is 8.45. The molecule has 5 heteroatoms. The van der Waals surface area contributed by atoms with E-state index in [1.54, 1.807) is 18.2 Å². The number of nitrogens with one attached hydrogen (secondary N) is 1. The van der Waals surface area contributed by atoms with Crippen molar-refractivity contribution < 1.29 is 4.79 Å². The second-order valence-corrected chi connectivity index (χ2v) is 6.57. The molecular formula is C18H18Cl2N2O. The van der Waals surface area contributed by atoms with Crippen LogP contribution in [0.1, 0.15) is 24.3 Å². The fraction of sp³-hybridized carbons (Fsp3) is 0.278. The van der Waals surface area contributed by atoms with Crippen LogP contribution >= 0.6 is 23.2 Å². The summed E-state index contributed by atoms with van der Waals surface area (Å²) >= 11 is 12.0. The van der Waals surface area contributed by atoms with Gasteiger partial charge in [-0.1, -0.05) is 53.5 Å². The number of likely N-dealkylation sites (tertiary alicyclic amines) is 1. The van der Waals surface area contributed by atoms with Gasteiger partial charge in [0.1, 0.15) is 0 Å². The predicted octanol–water partition coefficient (Wildman–Crippen LogP) is 5.40. The molecule has 1 aliphatic rings. The number of urea groups is 1. The number of benzene rings is 2. The number of halogens is 2. The third kappa shape index (κ3) is 3.98. The normalized spacial score (nSPS) is 15.5. The Hall–Kier alpha value is -1.71. The first kappa shape index (κ1) is 16.2. The average molecular weight is 349 g/mol. The Bertz CT molecular complexity index is 683. The van der Waals surface area contributed by atoms with E-state index in [-0.39, 0.29) is 6.03 Å². The van der Waals surface area contributed by atoms with Crippen LogP contribution in [0.3, 0.4) is 0 Å². The predicted molar refractivity (Wildman–Crippen MR) is 95.5 cm³/mol. The molecule has 0 aliphatic carbocycles. The summed E-state index contributed by atoms with van der Waals surface area (Å²) in [6, 6.07) is 15.4. The van der Waals surface area contributed by atoms with E-state index in [0.29, 0.717) is 21.7 Å². The first-order valence-electron chi connectivity index (χ1n) is 7.69. The minimum absolute atomic E-state index is 0.110. The lowest BCUT2D eigenvalue weighted by molar-refractivity contribution is 0.194. The van der Waals surface area contributed by atoms with Crippen molar-refractivity contribution in [2.24, 2.45) is 0 Å². The topological polar surface area (TPSA) is 32.3 Å². The molecule has 0 saturated carbocycles. The number of hydrogen-bond acceptors (Lipinski definition) is 1. The Morgan fingerprint density at radius 2 is 1.74 bits per heavy atom. The van der Waals surface area contributed by atoms with Gasteiger partial charge >= 0.3 is 6.03 Å². The van der Waals surface area contributed by atoms with Crippen molar-refractivity contribution in [3.63, 3.8) is 0 Å². The van der Waals surface area contributed by atoms with E-state index >= 15 is 0 Å². The number of rotatable bonds is 2. The Balaban J connectivity index is 1.58. The molecular weight excluding hydrogens is 331 g/mol. The molecule has 120 valence electrons. The molecule has 23 heavy (non-hydrogen) atoms. The molecule has 0 radical (unpaired) electrons. The molecule has 0 atom stereocenters. The zero-order chi connectivity index (χ0) is 16.2. The highest BCUT2D eigenvalue weighted by molar-refractivity contribution is 6.36. The van der Waals surface area contributed by atoms with Gasteiger partial charge in [0.2, 0.25) is 0 Å². The van der Waals surface area contributed by atoms with E-state index in [0.717, 1.165) is 25.9 Å². The molecule has 0 bridgehead atoms. The summed E-state index contributed by atoms with van der Waals surface area (Å²) in [6.07, 6.45) is 1.96. The van der Waals surface area contributed by atoms with Crippen molar-refractivity contribution in [3.05, 3.63) is 64.1 Å². The van der Waals surface area contributed by atoms with Gasteiger partial charge in [-0.2, -0.15) is 0 Å². The molecule has 1 heterocycles. The van der Waals surface area contributed by atoms with Gasteiger partial charge in [-0.3, -0.25) is 0 Å². The van der Waals surface area contributed by atoms with Gasteiger partial charge in [-0.15, -0.1) is 0 Å². The quantitative estimate of drug-likeness (QED) is 0.773. The third-order valence-electron chi connectivity index (χ3n) is 4.23. The van der Waals surface area contributed by atoms with E-state index in [4.69, 9.17) is 23.2 Å². The summed E-state index contributed by atoms with van der Waals surface area (Å²) in [5.74, 6) is 0.527. The number of carbonyl (C=O) groups excluding carboxylic acids is 1. The van der Waals surface area contributed by atoms with Gasteiger partial charge in [0.15, 0.2) is 0 Å². The maximum Gasteiger partial charge on any atom is 0.321 e. The number of nitrogens with zero attached hydrogens (tertiary/aromatic N) is 1. The maximum absolute atomic E-state index is 12.4. The molecule has 2 aromatic rings. The third-order valence-corrected chi connectivity index (χ3v) is 4.77. The van der Waals surface area contributed by atoms with Gasteiger partial charge in [0.05, 0.1) is 10.7 Å². The average Bonchev–Trinajstić information content (AvgIpc) is 2.58. The molecule has 0 aromatic heterocycles. The number of amides is 2. The van der Waals surface area contributed by atoms with Crippen LogP contribution in [0.25, 0.3) is 0 Å². The van der Waals surface area contributed by atoms with Crippen molar-refractivity contribution >= 4 is 34.9 Å². The largest absolute Gasteiger partial charge is 0.324 e. The summed E-state index contributed by atoms with van der Waals surface area (Å²) in [7, 11) is 0. The minimum atomic E-state index is -0.110. The lowest BCUT2D eigenvalue weighted by Crippen LogP contribution is -2.40. The smallest absolute Gasteiger partial charge is 0.321 e. The van der Waals surface area contributed by atoms with Crippen LogP contribution in [0.2, 0.25) is 10.0 Å². The molecule has 0 spiro atoms. The summed E-state index contributed by atoms with van der Waals surface area (Å²) < 4.78 is 0. The van der Waals surface area contributed by atoms with Crippen molar-refractivity contribution in [2.75, 3.05) is 18.4 Å². The van der Waals surface area contributed by atoms with E-state index in [2.05, 4.69) is 29.6 Å². The van der Waals surface area contributed by atoms with Crippen molar-refractivity contribution in [1.29, 1.82) is 0 Å². The number of piperidine rings is 1. The molecule has 1 fully saturated rings. The zero-order valence-corrected chi connectivity index (χ0v) is 14.1. The van der Waals surface area contributed by atoms with Crippen LogP contribution < -0.4 is 5.32 Å². The summed E-state index contributed by atoms with van der Waals surface area (Å²) in [6.45, 7) is 1.49. The Morgan fingerprint density at radius 1 is 1.04 bits per heavy atom. The van der Waals surface area contributed by atoms with Crippen molar-refractivity contribution in [2.45, 2.75) is 18.8 Å². The second-order valence-electron chi connectivity index (χ2n) is 5.73. The lowest BCUT2D eigenvalue weighted by atomic mass is 9.90. The standard InChI is InChI=1S/C18H18Cl2N2O/c19-15-6-7-17(16(20)12-15)21-18(23)22-10-8-14(9-11-22)13-4-2-1-3-5-13/h1-7,12,14H,8-11H2,(H,21,23). The SMILES string of the molecule is O=C(Nc1ccc(Cl)cc1Cl)N1CCC(c2ccccc2)CC1. The molecule has 0 unspecified atom stereocenters. The minimum Gasteiger partial charge on any atom is -0.324 e. The number of hydrogen-bond donors (Lipinski definition) is 1. The van der Waals surface area contributed by atoms with Crippen LogP contribution in [0.4, 0.5) is 10.5 Å². The van der Waals surface area contributed by atoms with E-state index in [9.17, 15) is 4.79 Å². The number of anilines is 1. The van der Waals surface area contributed by atoms with Crippen LogP contribution in [-0.2, 0) is 0 Å². The molecule has 1 N–H and O–H groups in total. The van der Waals surface area contributed by atoms with Gasteiger partial charge in [-0.05, 0) is 42.5 Å². The first-order chi connectivity index (χ1) is 11.1. The Kier molecular flexibility index (Phi) is 5.09. The zero-order valence-electron chi connectivity index (χ0n) is 12.6. The second kappa shape index (κ2) is 7.24. The molecule has 1 aliphatic heterocycles. The van der Waals surface area contributed by atoms with E-state index < -0.39 is 0 Å². The number of carbonyl (C=O) groups is 1. The van der Waals surface area contributed by atoms with Crippen molar-refractivity contribution in [3.8, 4) is 0 Å². The summed E-state index contributed by atoms with van der Waals surface area (Å²) in [5, 5.41) is 3.86. The van der Waals surface area contributed by atoms with E-state index in [1.165, 1.54) is 5.56 Å². The monoisotopic (exact) mass is 348 g/mol. The van der Waals surface area contributed by atoms with Crippen LogP contribution in [0, 0.1) is 0 Å². The van der Waals surface area contributed by atoms with Crippen molar-refractivity contribution in [1.82, 2.24) is 4.90 Å². The van der Waals surface area contributed by atoms with Gasteiger partial charge in [0.25, 0.3) is 0 Å². The maximum atomic E-state index is 12.4. The summed E-state index contributed by atoms with van der Waals surface area (Å²) in [4.78, 5) is 14.2. The van der Waals surface area contributed by atoms with Gasteiger partial charge in [-0.25, -0.2) is 4.79 Å². The Morgan fingerprint density at radius 3 is 2.39 bits per heavy atom. The molecule has 1 saturated heterocycles. The highest BCUT2D eigenvalue weighted by atomic mass is 35.5. The molecule has 3 nitrogen and oxygen atoms in total. The van der Waals surface area contributed by atoms with E-state index in [1.807, 2.05) is 11.0 Å². The Labute approximate surface area is 146 Å². The van der Waals surface area contributed by atoms with Crippen LogP contribution in [0.5, 0.6) is 0 Å². The highest BCUT2D eigenvalue weighted by Gasteiger charge is 2.24. The van der Waals surface area contributed by atoms with Crippen LogP contribution in [0.15, 0.2) is 48.5 Å². The molecule has 2 aromatic carbocycles. The summed E-state index contributed by atoms with van der Waals surface area (Å²) in [5.41, 5.74) is 1.94. The highest BCUT2D eigenvalue weighted by Crippen LogP contribution is 2.29. The van der Waals surface area contributed by atoms with Gasteiger partial charge < -0.3 is 10.2 Å².